The molecule has 6 heteroatoms. The Balaban J connectivity index is 2.03. The van der Waals surface area contributed by atoms with Gasteiger partial charge in [0.2, 0.25) is 11.8 Å². The van der Waals surface area contributed by atoms with E-state index in [2.05, 4.69) is 10.6 Å². The van der Waals surface area contributed by atoms with Gasteiger partial charge in [-0.3, -0.25) is 9.59 Å². The summed E-state index contributed by atoms with van der Waals surface area (Å²) in [4.78, 5) is 35.6. The van der Waals surface area contributed by atoms with E-state index in [1.165, 1.54) is 6.92 Å². The monoisotopic (exact) mass is 380 g/mol. The molecular formula is C22H24N2O4. The molecule has 0 radical (unpaired) electrons. The summed E-state index contributed by atoms with van der Waals surface area (Å²) in [5, 5.41) is 14.6. The summed E-state index contributed by atoms with van der Waals surface area (Å²) in [5.41, 5.74) is 1.81. The normalized spacial score (nSPS) is 12.9. The van der Waals surface area contributed by atoms with Crippen molar-refractivity contribution in [2.75, 3.05) is 0 Å². The number of hydrogen-bond acceptors (Lipinski definition) is 3. The third-order valence-corrected chi connectivity index (χ3v) is 4.07. The Morgan fingerprint density at radius 3 is 2.11 bits per heavy atom. The number of carboxylic acid groups (broad SMARTS) is 1. The van der Waals surface area contributed by atoms with E-state index in [-0.39, 0.29) is 18.7 Å². The van der Waals surface area contributed by atoms with E-state index in [0.29, 0.717) is 0 Å². The Labute approximate surface area is 164 Å². The smallest absolute Gasteiger partial charge is 0.326 e. The summed E-state index contributed by atoms with van der Waals surface area (Å²) in [7, 11) is 0. The van der Waals surface area contributed by atoms with Crippen molar-refractivity contribution in [3.8, 4) is 0 Å². The third kappa shape index (κ3) is 7.07. The van der Waals surface area contributed by atoms with Gasteiger partial charge in [-0.1, -0.05) is 72.8 Å². The number of carbonyl (C=O) groups excluding carboxylic acids is 2. The zero-order chi connectivity index (χ0) is 20.4. The van der Waals surface area contributed by atoms with Crippen LogP contribution in [0.15, 0.2) is 66.7 Å². The maximum atomic E-state index is 12.6. The second kappa shape index (κ2) is 10.7. The fourth-order valence-electron chi connectivity index (χ4n) is 2.70. The fraction of sp³-hybridized carbons (Fsp3) is 0.227. The standard InChI is InChI=1S/C22H24N2O4/c1-16(25)23-20(15-18-11-6-3-7-12-18)21(26)24-19(22(27)28)14-8-13-17-9-4-2-5-10-17/h2-13,19-20H,14-15H2,1H3,(H,23,25)(H,24,26)(H,27,28)/b13-8+/t19-,20+/m1/s1. The van der Waals surface area contributed by atoms with Crippen molar-refractivity contribution in [3.63, 3.8) is 0 Å². The molecule has 0 aliphatic rings. The maximum Gasteiger partial charge on any atom is 0.326 e. The number of carbonyl (C=O) groups is 3. The van der Waals surface area contributed by atoms with Crippen molar-refractivity contribution in [1.29, 1.82) is 0 Å². The van der Waals surface area contributed by atoms with Gasteiger partial charge >= 0.3 is 5.97 Å². The molecule has 2 rings (SSSR count). The van der Waals surface area contributed by atoms with Gasteiger partial charge in [0.1, 0.15) is 12.1 Å². The number of amides is 2. The molecule has 0 fully saturated rings. The summed E-state index contributed by atoms with van der Waals surface area (Å²) in [6.07, 6.45) is 3.92. The Bertz CT molecular complexity index is 819. The van der Waals surface area contributed by atoms with Gasteiger partial charge in [0, 0.05) is 13.3 Å². The van der Waals surface area contributed by atoms with Crippen LogP contribution in [-0.2, 0) is 20.8 Å². The van der Waals surface area contributed by atoms with Crippen LogP contribution in [-0.4, -0.2) is 35.0 Å². The molecule has 0 bridgehead atoms. The SMILES string of the molecule is CC(=O)N[C@@H](Cc1ccccc1)C(=O)N[C@H](C/C=C/c1ccccc1)C(=O)O. The van der Waals surface area contributed by atoms with Crippen LogP contribution in [0.25, 0.3) is 6.08 Å². The van der Waals surface area contributed by atoms with Crippen LogP contribution in [0.1, 0.15) is 24.5 Å². The van der Waals surface area contributed by atoms with Gasteiger partial charge in [0.25, 0.3) is 0 Å². The van der Waals surface area contributed by atoms with Crippen molar-refractivity contribution in [2.24, 2.45) is 0 Å². The first kappa shape index (κ1) is 20.9. The van der Waals surface area contributed by atoms with Crippen molar-refractivity contribution >= 4 is 23.9 Å². The first-order chi connectivity index (χ1) is 13.5. The molecule has 0 aliphatic heterocycles. The summed E-state index contributed by atoms with van der Waals surface area (Å²) >= 11 is 0. The molecule has 6 nitrogen and oxygen atoms in total. The van der Waals surface area contributed by atoms with E-state index < -0.39 is 24.0 Å². The molecule has 0 aliphatic carbocycles. The molecule has 0 heterocycles. The van der Waals surface area contributed by atoms with Crippen LogP contribution in [0.4, 0.5) is 0 Å². The summed E-state index contributed by atoms with van der Waals surface area (Å²) in [5.74, 6) is -2.01. The second-order valence-electron chi connectivity index (χ2n) is 6.39. The molecule has 2 atom stereocenters. The molecule has 0 spiro atoms. The van der Waals surface area contributed by atoms with E-state index in [1.54, 1.807) is 12.2 Å². The minimum Gasteiger partial charge on any atom is -0.480 e. The van der Waals surface area contributed by atoms with E-state index in [1.807, 2.05) is 60.7 Å². The average Bonchev–Trinajstić information content (AvgIpc) is 2.67. The lowest BCUT2D eigenvalue weighted by Gasteiger charge is -2.20. The van der Waals surface area contributed by atoms with E-state index in [9.17, 15) is 19.5 Å². The molecule has 2 aromatic rings. The Morgan fingerprint density at radius 2 is 1.54 bits per heavy atom. The molecular weight excluding hydrogens is 356 g/mol. The predicted octanol–water partition coefficient (Wildman–Crippen LogP) is 2.41. The lowest BCUT2D eigenvalue weighted by molar-refractivity contribution is -0.142. The van der Waals surface area contributed by atoms with Crippen LogP contribution in [0.5, 0.6) is 0 Å². The highest BCUT2D eigenvalue weighted by atomic mass is 16.4. The minimum absolute atomic E-state index is 0.133. The van der Waals surface area contributed by atoms with Gasteiger partial charge in [-0.15, -0.1) is 0 Å². The number of benzene rings is 2. The highest BCUT2D eigenvalue weighted by molar-refractivity contribution is 5.90. The van der Waals surface area contributed by atoms with E-state index in [4.69, 9.17) is 0 Å². The summed E-state index contributed by atoms with van der Waals surface area (Å²) in [6, 6.07) is 16.8. The Morgan fingerprint density at radius 1 is 0.929 bits per heavy atom. The topological polar surface area (TPSA) is 95.5 Å². The first-order valence-electron chi connectivity index (χ1n) is 9.01. The van der Waals surface area contributed by atoms with Crippen LogP contribution in [0.2, 0.25) is 0 Å². The molecule has 28 heavy (non-hydrogen) atoms. The Hall–Kier alpha value is -3.41. The van der Waals surface area contributed by atoms with Crippen LogP contribution < -0.4 is 10.6 Å². The number of hydrogen-bond donors (Lipinski definition) is 3. The van der Waals surface area contributed by atoms with Crippen LogP contribution in [0.3, 0.4) is 0 Å². The van der Waals surface area contributed by atoms with Gasteiger partial charge < -0.3 is 15.7 Å². The highest BCUT2D eigenvalue weighted by Crippen LogP contribution is 2.06. The van der Waals surface area contributed by atoms with Crippen molar-refractivity contribution < 1.29 is 19.5 Å². The van der Waals surface area contributed by atoms with E-state index in [0.717, 1.165) is 11.1 Å². The molecule has 146 valence electrons. The minimum atomic E-state index is -1.13. The molecule has 0 unspecified atom stereocenters. The Kier molecular flexibility index (Phi) is 7.96. The average molecular weight is 380 g/mol. The van der Waals surface area contributed by atoms with Gasteiger partial charge in [0.15, 0.2) is 0 Å². The van der Waals surface area contributed by atoms with Crippen molar-refractivity contribution in [2.45, 2.75) is 31.8 Å². The molecule has 3 N–H and O–H groups in total. The van der Waals surface area contributed by atoms with Crippen LogP contribution in [0, 0.1) is 0 Å². The number of nitrogens with one attached hydrogen (secondary N) is 2. The first-order valence-corrected chi connectivity index (χ1v) is 9.01. The fourth-order valence-corrected chi connectivity index (χ4v) is 2.70. The lowest BCUT2D eigenvalue weighted by atomic mass is 10.0. The zero-order valence-corrected chi connectivity index (χ0v) is 15.7. The summed E-state index contributed by atoms with van der Waals surface area (Å²) < 4.78 is 0. The van der Waals surface area contributed by atoms with Crippen molar-refractivity contribution in [3.05, 3.63) is 77.9 Å². The van der Waals surface area contributed by atoms with Crippen molar-refractivity contribution in [1.82, 2.24) is 10.6 Å². The number of aliphatic carboxylic acids is 1. The highest BCUT2D eigenvalue weighted by Gasteiger charge is 2.25. The lowest BCUT2D eigenvalue weighted by Crippen LogP contribution is -2.52. The molecule has 2 aromatic carbocycles. The van der Waals surface area contributed by atoms with Gasteiger partial charge in [-0.05, 0) is 17.5 Å². The largest absolute Gasteiger partial charge is 0.480 e. The van der Waals surface area contributed by atoms with Crippen LogP contribution >= 0.6 is 0 Å². The molecule has 0 aromatic heterocycles. The van der Waals surface area contributed by atoms with E-state index >= 15 is 0 Å². The van der Waals surface area contributed by atoms with Gasteiger partial charge in [-0.2, -0.15) is 0 Å². The van der Waals surface area contributed by atoms with Gasteiger partial charge in [0.05, 0.1) is 0 Å². The molecule has 2 amide bonds. The summed E-state index contributed by atoms with van der Waals surface area (Å²) in [6.45, 7) is 1.32. The predicted molar refractivity (Wildman–Crippen MR) is 107 cm³/mol. The second-order valence-corrected chi connectivity index (χ2v) is 6.39. The zero-order valence-electron chi connectivity index (χ0n) is 15.7. The molecule has 0 saturated heterocycles. The maximum absolute atomic E-state index is 12.6. The number of carboxylic acids is 1. The third-order valence-electron chi connectivity index (χ3n) is 4.07. The quantitative estimate of drug-likeness (QED) is 0.622. The number of rotatable bonds is 9. The molecule has 0 saturated carbocycles. The van der Waals surface area contributed by atoms with Gasteiger partial charge in [-0.25, -0.2) is 4.79 Å².